The fourth-order valence-electron chi connectivity index (χ4n) is 3.78. The van der Waals surface area contributed by atoms with Crippen LogP contribution in [0.15, 0.2) is 0 Å². The number of rotatable bonds is 18. The summed E-state index contributed by atoms with van der Waals surface area (Å²) in [7, 11) is 0. The molecule has 186 valence electrons. The zero-order valence-corrected chi connectivity index (χ0v) is 22.0. The van der Waals surface area contributed by atoms with Crippen LogP contribution in [0, 0.1) is 11.8 Å². The van der Waals surface area contributed by atoms with Crippen molar-refractivity contribution in [1.82, 2.24) is 0 Å². The number of esters is 2. The molecule has 4 nitrogen and oxygen atoms in total. The normalized spacial score (nSPS) is 15.1. The number of carbonyl (C=O) groups is 2. The molecule has 32 heavy (non-hydrogen) atoms. The van der Waals surface area contributed by atoms with E-state index in [-0.39, 0.29) is 69.6 Å². The van der Waals surface area contributed by atoms with Gasteiger partial charge in [0.05, 0.1) is 0 Å². The zero-order chi connectivity index (χ0) is 23.9. The molecule has 5 heteroatoms. The molecule has 0 aliphatic rings. The van der Waals surface area contributed by atoms with E-state index in [0.29, 0.717) is 0 Å². The second kappa shape index (κ2) is 18.8. The molecule has 0 amide bonds. The Balaban J connectivity index is 0. The molecule has 0 aromatic carbocycles. The maximum atomic E-state index is 12.6. The van der Waals surface area contributed by atoms with E-state index in [1.165, 1.54) is 38.5 Å². The van der Waals surface area contributed by atoms with Crippen molar-refractivity contribution < 1.29 is 19.1 Å². The van der Waals surface area contributed by atoms with E-state index in [4.69, 9.17) is 9.47 Å². The summed E-state index contributed by atoms with van der Waals surface area (Å²) < 4.78 is 11.7. The van der Waals surface area contributed by atoms with Crippen LogP contribution in [0.4, 0.5) is 0 Å². The second-order valence-corrected chi connectivity index (χ2v) is 10.4. The Morgan fingerprint density at radius 3 is 1.22 bits per heavy atom. The average Bonchev–Trinajstić information content (AvgIpc) is 2.67. The van der Waals surface area contributed by atoms with Crippen LogP contribution in [-0.2, 0) is 19.1 Å². The van der Waals surface area contributed by atoms with Crippen LogP contribution in [0.5, 0.6) is 0 Å². The first-order valence-electron chi connectivity index (χ1n) is 12.9. The molecule has 0 aromatic heterocycles. The third-order valence-electron chi connectivity index (χ3n) is 6.98. The molecule has 0 rings (SSSR count). The number of hydrogen-bond acceptors (Lipinski definition) is 4. The number of hydrogen-bond donors (Lipinski definition) is 0. The van der Waals surface area contributed by atoms with E-state index < -0.39 is 23.1 Å². The van der Waals surface area contributed by atoms with E-state index in [2.05, 4.69) is 41.5 Å². The molecule has 0 bridgehead atoms. The fourth-order valence-corrected chi connectivity index (χ4v) is 3.78. The number of unbranched alkanes of at least 4 members (excludes halogenated alkanes) is 8. The van der Waals surface area contributed by atoms with Crippen molar-refractivity contribution in [1.29, 1.82) is 0 Å². The molecule has 0 saturated carbocycles. The van der Waals surface area contributed by atoms with Crippen molar-refractivity contribution >= 4 is 63.3 Å². The molecule has 0 spiro atoms. The van der Waals surface area contributed by atoms with Crippen LogP contribution < -0.4 is 0 Å². The van der Waals surface area contributed by atoms with Gasteiger partial charge in [-0.2, -0.15) is 0 Å². The summed E-state index contributed by atoms with van der Waals surface area (Å²) in [6.45, 7) is 16.7. The third kappa shape index (κ3) is 14.8. The second-order valence-electron chi connectivity index (χ2n) is 10.4. The van der Waals surface area contributed by atoms with Gasteiger partial charge in [-0.25, -0.2) is 0 Å². The molecular weight excluding hydrogens is 427 g/mol. The van der Waals surface area contributed by atoms with Crippen LogP contribution >= 0.6 is 0 Å². The van der Waals surface area contributed by atoms with Crippen molar-refractivity contribution in [2.45, 2.75) is 150 Å². The Morgan fingerprint density at radius 1 is 0.625 bits per heavy atom. The fraction of sp³-hybridized carbons (Fsp3) is 0.926. The maximum absolute atomic E-state index is 12.6. The van der Waals surface area contributed by atoms with Gasteiger partial charge in [0.25, 0.3) is 0 Å². The summed E-state index contributed by atoms with van der Waals surface area (Å²) >= 11 is 0. The first-order valence-corrected chi connectivity index (χ1v) is 12.9. The Kier molecular flexibility index (Phi) is 20.5. The van der Waals surface area contributed by atoms with Crippen LogP contribution in [0.3, 0.4) is 0 Å². The zero-order valence-electron chi connectivity index (χ0n) is 22.0. The van der Waals surface area contributed by atoms with Crippen molar-refractivity contribution in [2.24, 2.45) is 11.8 Å². The first-order chi connectivity index (χ1) is 14.5. The van der Waals surface area contributed by atoms with Crippen LogP contribution in [-0.4, -0.2) is 74.5 Å². The molecule has 0 aromatic rings. The van der Waals surface area contributed by atoms with E-state index in [0.717, 1.165) is 38.5 Å². The van der Waals surface area contributed by atoms with Gasteiger partial charge in [0, 0.05) is 0 Å². The summed E-state index contributed by atoms with van der Waals surface area (Å²) in [5, 5.41) is 0. The van der Waals surface area contributed by atoms with Crippen molar-refractivity contribution in [3.05, 3.63) is 0 Å². The molecule has 0 N–H and O–H groups in total. The van der Waals surface area contributed by atoms with Gasteiger partial charge in [-0.15, -0.1) is 0 Å². The Morgan fingerprint density at radius 2 is 0.938 bits per heavy atom. The van der Waals surface area contributed by atoms with Gasteiger partial charge < -0.3 is 9.47 Å². The van der Waals surface area contributed by atoms with Crippen molar-refractivity contribution in [2.75, 3.05) is 0 Å². The summed E-state index contributed by atoms with van der Waals surface area (Å²) in [6.07, 6.45) is 13.1. The summed E-state index contributed by atoms with van der Waals surface area (Å²) in [5.74, 6) is -0.544. The molecule has 0 aliphatic carbocycles. The molecule has 0 aliphatic heterocycles. The van der Waals surface area contributed by atoms with E-state index in [9.17, 15) is 9.59 Å². The minimum absolute atomic E-state index is 0. The van der Waals surface area contributed by atoms with Crippen molar-refractivity contribution in [3.8, 4) is 0 Å². The van der Waals surface area contributed by atoms with Gasteiger partial charge in [-0.3, -0.25) is 9.59 Å². The van der Waals surface area contributed by atoms with E-state index in [1.807, 2.05) is 13.8 Å². The molecule has 2 atom stereocenters. The Labute approximate surface area is 242 Å². The topological polar surface area (TPSA) is 52.6 Å². The van der Waals surface area contributed by atoms with Gasteiger partial charge in [0.1, 0.15) is 17.6 Å². The average molecular weight is 481 g/mol. The quantitative estimate of drug-likeness (QED) is 0.0889. The first kappa shape index (κ1) is 34.7. The molecule has 0 radical (unpaired) electrons. The minimum atomic E-state index is -0.537. The molecule has 0 fully saturated rings. The Hall–Kier alpha value is 0.576. The predicted molar refractivity (Wildman–Crippen MR) is 137 cm³/mol. The molecule has 0 heterocycles. The predicted octanol–water partition coefficient (Wildman–Crippen LogP) is 7.36. The van der Waals surface area contributed by atoms with Gasteiger partial charge in [-0.1, -0.05) is 92.9 Å². The third-order valence-corrected chi connectivity index (χ3v) is 6.98. The Bertz CT molecular complexity index is 462. The van der Waals surface area contributed by atoms with E-state index in [1.54, 1.807) is 0 Å². The molecular formula is C27H53KO4. The monoisotopic (exact) mass is 480 g/mol. The van der Waals surface area contributed by atoms with Gasteiger partial charge in [0.2, 0.25) is 0 Å². The molecule has 0 saturated heterocycles. The van der Waals surface area contributed by atoms with Crippen LogP contribution in [0.2, 0.25) is 0 Å². The van der Waals surface area contributed by atoms with Gasteiger partial charge in [0.15, 0.2) is 0 Å². The number of ether oxygens (including phenoxy) is 2. The van der Waals surface area contributed by atoms with Gasteiger partial charge >= 0.3 is 63.3 Å². The van der Waals surface area contributed by atoms with Crippen LogP contribution in [0.25, 0.3) is 0 Å². The summed E-state index contributed by atoms with van der Waals surface area (Å²) in [5.41, 5.74) is -1.07. The van der Waals surface area contributed by atoms with E-state index >= 15 is 0 Å². The van der Waals surface area contributed by atoms with Crippen molar-refractivity contribution in [3.63, 3.8) is 0 Å². The summed E-state index contributed by atoms with van der Waals surface area (Å²) in [6, 6.07) is 0. The number of carbonyl (C=O) groups excluding carboxylic acids is 2. The SMILES string of the molecule is CCCCCCCC(C)(OC(=O)CC(=O)OC(C)(CCCCCCC)C(C)C)C(C)C.[KH]. The van der Waals surface area contributed by atoms with Crippen LogP contribution in [0.1, 0.15) is 139 Å². The molecule has 2 unspecified atom stereocenters. The van der Waals surface area contributed by atoms with Gasteiger partial charge in [-0.05, 0) is 51.4 Å². The summed E-state index contributed by atoms with van der Waals surface area (Å²) in [4.78, 5) is 25.1. The standard InChI is InChI=1S/C27H52O4.K.H/c1-9-11-13-15-17-19-26(7,22(3)4)30-24(28)21-25(29)31-27(8,23(5)6)20-18-16-14-12-10-2;;/h22-23H,9-21H2,1-8H3;;.